The summed E-state index contributed by atoms with van der Waals surface area (Å²) in [6.45, 7) is 2.58. The minimum Gasteiger partial charge on any atom is -0.756 e. The lowest BCUT2D eigenvalue weighted by Gasteiger charge is -2.28. The Morgan fingerprint density at radius 2 is 1.50 bits per heavy atom. The average molecular weight is 453 g/mol. The van der Waals surface area contributed by atoms with Gasteiger partial charge in [-0.25, -0.2) is 4.79 Å². The second-order valence-corrected chi connectivity index (χ2v) is 10.2. The van der Waals surface area contributed by atoms with Crippen LogP contribution >= 0.6 is 7.82 Å². The maximum atomic E-state index is 11.9. The normalized spacial score (nSPS) is 14.9. The third kappa shape index (κ3) is 19.3. The SMILES string of the molecule is CCCCCCCCCCCCC(COP(=O)([O-])OCC[N+](C)(C)C)OC(=O)NC. The van der Waals surface area contributed by atoms with E-state index in [0.29, 0.717) is 17.4 Å². The zero-order valence-corrected chi connectivity index (χ0v) is 20.7. The molecular weight excluding hydrogens is 407 g/mol. The molecule has 0 saturated heterocycles. The van der Waals surface area contributed by atoms with Crippen LogP contribution in [0.4, 0.5) is 4.79 Å². The first kappa shape index (κ1) is 29.3. The van der Waals surface area contributed by atoms with Crippen molar-refractivity contribution < 1.29 is 32.5 Å². The van der Waals surface area contributed by atoms with Crippen molar-refractivity contribution in [3.63, 3.8) is 0 Å². The van der Waals surface area contributed by atoms with Crippen molar-refractivity contribution in [2.75, 3.05) is 47.9 Å². The Morgan fingerprint density at radius 3 is 2.00 bits per heavy atom. The van der Waals surface area contributed by atoms with Crippen molar-refractivity contribution in [3.8, 4) is 0 Å². The van der Waals surface area contributed by atoms with E-state index < -0.39 is 20.0 Å². The van der Waals surface area contributed by atoms with Gasteiger partial charge in [0.05, 0.1) is 27.7 Å². The summed E-state index contributed by atoms with van der Waals surface area (Å²) in [5.41, 5.74) is 0. The minimum absolute atomic E-state index is 0.0453. The van der Waals surface area contributed by atoms with Gasteiger partial charge in [-0.1, -0.05) is 64.7 Å². The lowest BCUT2D eigenvalue weighted by molar-refractivity contribution is -0.870. The second kappa shape index (κ2) is 17.0. The van der Waals surface area contributed by atoms with Gasteiger partial charge in [-0.15, -0.1) is 0 Å². The number of carbonyl (C=O) groups is 1. The summed E-state index contributed by atoms with van der Waals surface area (Å²) in [7, 11) is 2.88. The molecule has 2 unspecified atom stereocenters. The number of hydrogen-bond acceptors (Lipinski definition) is 6. The molecule has 180 valence electrons. The van der Waals surface area contributed by atoms with Crippen LogP contribution in [0.1, 0.15) is 77.6 Å². The molecule has 1 N–H and O–H groups in total. The molecule has 1 amide bonds. The number of carbonyl (C=O) groups excluding carboxylic acids is 1. The van der Waals surface area contributed by atoms with Crippen LogP contribution in [0.15, 0.2) is 0 Å². The van der Waals surface area contributed by atoms with E-state index in [1.54, 1.807) is 0 Å². The molecule has 0 aliphatic rings. The van der Waals surface area contributed by atoms with E-state index in [9.17, 15) is 14.3 Å². The van der Waals surface area contributed by atoms with Crippen molar-refractivity contribution in [2.45, 2.75) is 83.7 Å². The van der Waals surface area contributed by atoms with E-state index in [1.807, 2.05) is 21.1 Å². The number of alkyl carbamates (subject to hydrolysis) is 1. The van der Waals surface area contributed by atoms with Crippen molar-refractivity contribution in [1.82, 2.24) is 5.32 Å². The van der Waals surface area contributed by atoms with Crippen LogP contribution < -0.4 is 10.2 Å². The van der Waals surface area contributed by atoms with Crippen LogP contribution in [-0.2, 0) is 18.3 Å². The molecular formula is C21H45N2O6P. The molecule has 0 fully saturated rings. The van der Waals surface area contributed by atoms with Gasteiger partial charge < -0.3 is 28.5 Å². The number of hydrogen-bond donors (Lipinski definition) is 1. The Morgan fingerprint density at radius 1 is 0.967 bits per heavy atom. The Labute approximate surface area is 183 Å². The molecule has 0 heterocycles. The number of ether oxygens (including phenoxy) is 1. The van der Waals surface area contributed by atoms with Gasteiger partial charge in [0.25, 0.3) is 7.82 Å². The van der Waals surface area contributed by atoms with Gasteiger partial charge >= 0.3 is 6.09 Å². The van der Waals surface area contributed by atoms with Gasteiger partial charge in [0.1, 0.15) is 19.3 Å². The van der Waals surface area contributed by atoms with Crippen LogP contribution in [0.5, 0.6) is 0 Å². The maximum absolute atomic E-state index is 11.9. The number of unbranched alkanes of at least 4 members (excludes halogenated alkanes) is 9. The molecule has 2 atom stereocenters. The second-order valence-electron chi connectivity index (χ2n) is 8.84. The Hall–Kier alpha value is -0.660. The monoisotopic (exact) mass is 452 g/mol. The summed E-state index contributed by atoms with van der Waals surface area (Å²) in [6.07, 6.45) is 11.4. The summed E-state index contributed by atoms with van der Waals surface area (Å²) in [5.74, 6) is 0. The highest BCUT2D eigenvalue weighted by Crippen LogP contribution is 2.38. The summed E-state index contributed by atoms with van der Waals surface area (Å²) in [6, 6.07) is 0. The quantitative estimate of drug-likeness (QED) is 0.179. The average Bonchev–Trinajstić information content (AvgIpc) is 2.66. The summed E-state index contributed by atoms with van der Waals surface area (Å²) in [5, 5.41) is 2.39. The van der Waals surface area contributed by atoms with Crippen LogP contribution in [0.3, 0.4) is 0 Å². The Balaban J connectivity index is 4.13. The minimum atomic E-state index is -4.42. The number of quaternary nitrogens is 1. The predicted octanol–water partition coefficient (Wildman–Crippen LogP) is 4.23. The number of amides is 1. The zero-order valence-electron chi connectivity index (χ0n) is 19.8. The third-order valence-corrected chi connectivity index (χ3v) is 5.75. The summed E-state index contributed by atoms with van der Waals surface area (Å²) < 4.78 is 27.6. The molecule has 0 saturated carbocycles. The van der Waals surface area contributed by atoms with Gasteiger partial charge in [0, 0.05) is 7.05 Å². The molecule has 0 aliphatic carbocycles. The number of nitrogens with zero attached hydrogens (tertiary/aromatic N) is 1. The van der Waals surface area contributed by atoms with Crippen molar-refractivity contribution in [2.24, 2.45) is 0 Å². The Bertz CT molecular complexity index is 485. The van der Waals surface area contributed by atoms with E-state index in [-0.39, 0.29) is 13.2 Å². The van der Waals surface area contributed by atoms with Crippen molar-refractivity contribution in [3.05, 3.63) is 0 Å². The Kier molecular flexibility index (Phi) is 16.6. The number of phosphoric acid groups is 1. The van der Waals surface area contributed by atoms with Gasteiger partial charge in [-0.05, 0) is 12.8 Å². The third-order valence-electron chi connectivity index (χ3n) is 4.79. The first-order valence-electron chi connectivity index (χ1n) is 11.4. The molecule has 0 rings (SSSR count). The van der Waals surface area contributed by atoms with E-state index in [1.165, 1.54) is 52.0 Å². The molecule has 0 aromatic carbocycles. The van der Waals surface area contributed by atoms with Gasteiger partial charge in [0.15, 0.2) is 0 Å². The topological polar surface area (TPSA) is 96.9 Å². The van der Waals surface area contributed by atoms with Gasteiger partial charge in [0.2, 0.25) is 0 Å². The van der Waals surface area contributed by atoms with Gasteiger partial charge in [-0.2, -0.15) is 0 Å². The largest absolute Gasteiger partial charge is 0.756 e. The molecule has 0 aliphatic heterocycles. The molecule has 0 bridgehead atoms. The predicted molar refractivity (Wildman–Crippen MR) is 118 cm³/mol. The highest BCUT2D eigenvalue weighted by Gasteiger charge is 2.19. The zero-order chi connectivity index (χ0) is 22.9. The van der Waals surface area contributed by atoms with E-state index in [2.05, 4.69) is 12.2 Å². The molecule has 8 nitrogen and oxygen atoms in total. The molecule has 0 radical (unpaired) electrons. The highest BCUT2D eigenvalue weighted by atomic mass is 31.2. The lowest BCUT2D eigenvalue weighted by Crippen LogP contribution is -2.37. The molecule has 0 aromatic rings. The summed E-state index contributed by atoms with van der Waals surface area (Å²) >= 11 is 0. The number of nitrogens with one attached hydrogen (secondary N) is 1. The first-order chi connectivity index (χ1) is 14.1. The van der Waals surface area contributed by atoms with Crippen LogP contribution in [0, 0.1) is 0 Å². The first-order valence-corrected chi connectivity index (χ1v) is 12.8. The smallest absolute Gasteiger partial charge is 0.407 e. The van der Waals surface area contributed by atoms with Crippen molar-refractivity contribution in [1.29, 1.82) is 0 Å². The lowest BCUT2D eigenvalue weighted by atomic mass is 10.0. The van der Waals surface area contributed by atoms with E-state index in [0.717, 1.165) is 19.3 Å². The fraction of sp³-hybridized carbons (Fsp3) is 0.952. The van der Waals surface area contributed by atoms with Crippen LogP contribution in [-0.4, -0.2) is 64.6 Å². The molecule has 30 heavy (non-hydrogen) atoms. The van der Waals surface area contributed by atoms with Gasteiger partial charge in [-0.3, -0.25) is 4.57 Å². The number of rotatable bonds is 19. The van der Waals surface area contributed by atoms with Crippen LogP contribution in [0.25, 0.3) is 0 Å². The summed E-state index contributed by atoms with van der Waals surface area (Å²) in [4.78, 5) is 23.5. The fourth-order valence-electron chi connectivity index (χ4n) is 2.88. The van der Waals surface area contributed by atoms with E-state index >= 15 is 0 Å². The molecule has 0 spiro atoms. The number of phosphoric ester groups is 1. The van der Waals surface area contributed by atoms with E-state index in [4.69, 9.17) is 13.8 Å². The molecule has 9 heteroatoms. The maximum Gasteiger partial charge on any atom is 0.407 e. The fourth-order valence-corrected chi connectivity index (χ4v) is 3.61. The number of likely N-dealkylation sites (N-methyl/N-ethyl adjacent to an activating group) is 1. The van der Waals surface area contributed by atoms with Crippen molar-refractivity contribution >= 4 is 13.9 Å². The standard InChI is InChI=1S/C21H45N2O6P/c1-6-7-8-9-10-11-12-13-14-15-16-20(29-21(24)22-2)19-28-30(25,26)27-18-17-23(3,4)5/h20H,6-19H2,1-5H3,(H-,22,24,25,26). The van der Waals surface area contributed by atoms with Crippen LogP contribution in [0.2, 0.25) is 0 Å². The molecule has 0 aromatic heterocycles. The highest BCUT2D eigenvalue weighted by molar-refractivity contribution is 7.45.